The fourth-order valence-electron chi connectivity index (χ4n) is 3.17. The van der Waals surface area contributed by atoms with Crippen LogP contribution in [0.2, 0.25) is 0 Å². The summed E-state index contributed by atoms with van der Waals surface area (Å²) in [5.74, 6) is 0. The molecule has 0 aromatic heterocycles. The summed E-state index contributed by atoms with van der Waals surface area (Å²) in [5, 5.41) is 7.28. The summed E-state index contributed by atoms with van der Waals surface area (Å²) < 4.78 is 0. The molecular formula is C16H30N6O2. The fraction of sp³-hybridized carbons (Fsp3) is 0.875. The Morgan fingerprint density at radius 3 is 1.29 bits per heavy atom. The summed E-state index contributed by atoms with van der Waals surface area (Å²) in [6.45, 7) is 12.5. The minimum absolute atomic E-state index is 0.399. The van der Waals surface area contributed by atoms with Crippen molar-refractivity contribution in [1.29, 1.82) is 0 Å². The number of hydrogen-bond donors (Lipinski definition) is 0. The minimum atomic E-state index is -0.399. The first kappa shape index (κ1) is 18.8. The van der Waals surface area contributed by atoms with Gasteiger partial charge in [0.2, 0.25) is 0 Å². The zero-order valence-corrected chi connectivity index (χ0v) is 15.0. The topological polar surface area (TPSA) is 71.8 Å². The van der Waals surface area contributed by atoms with Crippen molar-refractivity contribution < 1.29 is 9.59 Å². The third-order valence-electron chi connectivity index (χ3n) is 4.59. The molecule has 0 atom stereocenters. The lowest BCUT2D eigenvalue weighted by atomic mass is 10.3. The van der Waals surface area contributed by atoms with Gasteiger partial charge in [0.05, 0.1) is 0 Å². The van der Waals surface area contributed by atoms with Crippen molar-refractivity contribution in [3.63, 3.8) is 0 Å². The van der Waals surface area contributed by atoms with Gasteiger partial charge in [0.25, 0.3) is 0 Å². The van der Waals surface area contributed by atoms with Crippen molar-refractivity contribution in [1.82, 2.24) is 19.6 Å². The summed E-state index contributed by atoms with van der Waals surface area (Å²) in [7, 11) is 0. The van der Waals surface area contributed by atoms with Crippen molar-refractivity contribution in [2.24, 2.45) is 10.2 Å². The average molecular weight is 338 g/mol. The molecule has 4 amide bonds. The zero-order valence-electron chi connectivity index (χ0n) is 15.0. The van der Waals surface area contributed by atoms with E-state index in [1.165, 1.54) is 0 Å². The number of carbonyl (C=O) groups excluding carboxylic acids is 2. The number of hydrogen-bond acceptors (Lipinski definition) is 4. The molecule has 24 heavy (non-hydrogen) atoms. The highest BCUT2D eigenvalue weighted by Gasteiger charge is 2.23. The van der Waals surface area contributed by atoms with Crippen molar-refractivity contribution >= 4 is 12.1 Å². The Kier molecular flexibility index (Phi) is 7.58. The third kappa shape index (κ3) is 5.52. The van der Waals surface area contributed by atoms with Gasteiger partial charge in [-0.15, -0.1) is 0 Å². The maximum absolute atomic E-state index is 12.1. The lowest BCUT2D eigenvalue weighted by molar-refractivity contribution is 0.139. The molecule has 8 heteroatoms. The molecule has 0 bridgehead atoms. The van der Waals surface area contributed by atoms with Gasteiger partial charge in [-0.3, -0.25) is 9.80 Å². The standard InChI is InChI=1S/C16H30N6O2/c1-3-5-19-7-11-21(12-8-19)15(23)17-18-16(24)22-13-9-20(6-4-2)10-14-22/h3-14H2,1-2H3/b18-17+. The molecule has 2 aliphatic heterocycles. The second kappa shape index (κ2) is 9.68. The smallest absolute Gasteiger partial charge is 0.319 e. The van der Waals surface area contributed by atoms with E-state index in [2.05, 4.69) is 33.9 Å². The molecule has 2 fully saturated rings. The molecule has 0 aliphatic carbocycles. The van der Waals surface area contributed by atoms with E-state index in [0.717, 1.165) is 52.1 Å². The van der Waals surface area contributed by atoms with Crippen LogP contribution < -0.4 is 0 Å². The van der Waals surface area contributed by atoms with Crippen LogP contribution >= 0.6 is 0 Å². The molecule has 2 rings (SSSR count). The summed E-state index contributed by atoms with van der Waals surface area (Å²) in [6.07, 6.45) is 2.24. The number of nitrogens with zero attached hydrogens (tertiary/aromatic N) is 6. The lowest BCUT2D eigenvalue weighted by Gasteiger charge is -2.33. The van der Waals surface area contributed by atoms with Gasteiger partial charge < -0.3 is 9.80 Å². The molecule has 136 valence electrons. The normalized spacial score (nSPS) is 20.8. The molecular weight excluding hydrogens is 308 g/mol. The van der Waals surface area contributed by atoms with Crippen LogP contribution in [0.25, 0.3) is 0 Å². The van der Waals surface area contributed by atoms with Gasteiger partial charge in [0, 0.05) is 52.4 Å². The second-order valence-corrected chi connectivity index (χ2v) is 6.42. The zero-order chi connectivity index (χ0) is 17.4. The minimum Gasteiger partial charge on any atom is -0.319 e. The monoisotopic (exact) mass is 338 g/mol. The molecule has 0 spiro atoms. The SMILES string of the molecule is CCCN1CCN(C(=O)/N=N/C(=O)N2CCN(CCC)CC2)CC1. The molecule has 2 saturated heterocycles. The van der Waals surface area contributed by atoms with Gasteiger partial charge in [-0.1, -0.05) is 24.1 Å². The first-order valence-corrected chi connectivity index (χ1v) is 9.08. The Labute approximate surface area is 144 Å². The van der Waals surface area contributed by atoms with Crippen LogP contribution in [-0.4, -0.2) is 97.1 Å². The van der Waals surface area contributed by atoms with Crippen molar-refractivity contribution in [2.75, 3.05) is 65.4 Å². The number of amides is 4. The lowest BCUT2D eigenvalue weighted by Crippen LogP contribution is -2.48. The number of carbonyl (C=O) groups is 2. The highest BCUT2D eigenvalue weighted by molar-refractivity contribution is 5.79. The number of urea groups is 2. The van der Waals surface area contributed by atoms with Crippen molar-refractivity contribution in [3.8, 4) is 0 Å². The van der Waals surface area contributed by atoms with E-state index in [0.29, 0.717) is 26.2 Å². The number of azo groups is 1. The van der Waals surface area contributed by atoms with Crippen LogP contribution in [0, 0.1) is 0 Å². The van der Waals surface area contributed by atoms with Gasteiger partial charge in [0.15, 0.2) is 0 Å². The molecule has 0 unspecified atom stereocenters. The Morgan fingerprint density at radius 1 is 0.667 bits per heavy atom. The predicted octanol–water partition coefficient (Wildman–Crippen LogP) is 1.73. The predicted molar refractivity (Wildman–Crippen MR) is 92.3 cm³/mol. The highest BCUT2D eigenvalue weighted by Crippen LogP contribution is 2.07. The van der Waals surface area contributed by atoms with Gasteiger partial charge in [-0.05, 0) is 25.9 Å². The Morgan fingerprint density at radius 2 is 1.00 bits per heavy atom. The van der Waals surface area contributed by atoms with Crippen molar-refractivity contribution in [3.05, 3.63) is 0 Å². The summed E-state index contributed by atoms with van der Waals surface area (Å²) >= 11 is 0. The Balaban J connectivity index is 1.73. The molecule has 0 aromatic rings. The highest BCUT2D eigenvalue weighted by atomic mass is 16.2. The van der Waals surface area contributed by atoms with Crippen molar-refractivity contribution in [2.45, 2.75) is 26.7 Å². The van der Waals surface area contributed by atoms with E-state index in [4.69, 9.17) is 0 Å². The van der Waals surface area contributed by atoms with E-state index in [-0.39, 0.29) is 0 Å². The van der Waals surface area contributed by atoms with Crippen LogP contribution in [0.4, 0.5) is 9.59 Å². The number of piperazine rings is 2. The molecule has 8 nitrogen and oxygen atoms in total. The Bertz CT molecular complexity index is 400. The number of rotatable bonds is 4. The van der Waals surface area contributed by atoms with Crippen LogP contribution in [0.15, 0.2) is 10.2 Å². The maximum Gasteiger partial charge on any atom is 0.362 e. The second-order valence-electron chi connectivity index (χ2n) is 6.42. The summed E-state index contributed by atoms with van der Waals surface area (Å²) in [4.78, 5) is 32.1. The molecule has 0 radical (unpaired) electrons. The van der Waals surface area contributed by atoms with Gasteiger partial charge in [-0.25, -0.2) is 9.59 Å². The van der Waals surface area contributed by atoms with E-state index >= 15 is 0 Å². The first-order valence-electron chi connectivity index (χ1n) is 9.08. The summed E-state index contributed by atoms with van der Waals surface area (Å²) in [5.41, 5.74) is 0. The van der Waals surface area contributed by atoms with Gasteiger partial charge in [0.1, 0.15) is 0 Å². The van der Waals surface area contributed by atoms with E-state index in [9.17, 15) is 9.59 Å². The molecule has 0 aromatic carbocycles. The molecule has 2 aliphatic rings. The van der Waals surface area contributed by atoms with Crippen LogP contribution in [0.1, 0.15) is 26.7 Å². The van der Waals surface area contributed by atoms with Crippen LogP contribution in [0.3, 0.4) is 0 Å². The third-order valence-corrected chi connectivity index (χ3v) is 4.59. The van der Waals surface area contributed by atoms with E-state index in [1.807, 2.05) is 0 Å². The largest absolute Gasteiger partial charge is 0.362 e. The Hall–Kier alpha value is -1.54. The average Bonchev–Trinajstić information content (AvgIpc) is 2.61. The van der Waals surface area contributed by atoms with Crippen LogP contribution in [-0.2, 0) is 0 Å². The van der Waals surface area contributed by atoms with E-state index < -0.39 is 12.1 Å². The fourth-order valence-corrected chi connectivity index (χ4v) is 3.17. The maximum atomic E-state index is 12.1. The molecule has 0 saturated carbocycles. The van der Waals surface area contributed by atoms with Gasteiger partial charge >= 0.3 is 12.1 Å². The van der Waals surface area contributed by atoms with E-state index in [1.54, 1.807) is 9.80 Å². The molecule has 2 heterocycles. The first-order chi connectivity index (χ1) is 11.6. The summed E-state index contributed by atoms with van der Waals surface area (Å²) in [6, 6.07) is -0.798. The quantitative estimate of drug-likeness (QED) is 0.732. The van der Waals surface area contributed by atoms with Crippen LogP contribution in [0.5, 0.6) is 0 Å². The molecule has 0 N–H and O–H groups in total. The van der Waals surface area contributed by atoms with Gasteiger partial charge in [-0.2, -0.15) is 0 Å².